The van der Waals surface area contributed by atoms with Crippen LogP contribution in [-0.2, 0) is 0 Å². The lowest BCUT2D eigenvalue weighted by Crippen LogP contribution is -2.43. The van der Waals surface area contributed by atoms with Crippen LogP contribution in [-0.4, -0.2) is 33.7 Å². The summed E-state index contributed by atoms with van der Waals surface area (Å²) in [5.74, 6) is 5.94. The highest BCUT2D eigenvalue weighted by atomic mass is 16.6. The van der Waals surface area contributed by atoms with Gasteiger partial charge in [0.2, 0.25) is 5.82 Å². The van der Waals surface area contributed by atoms with Crippen LogP contribution in [0.4, 0.5) is 17.3 Å². The van der Waals surface area contributed by atoms with E-state index in [-0.39, 0.29) is 11.5 Å². The van der Waals surface area contributed by atoms with E-state index in [1.807, 2.05) is 0 Å². The Bertz CT molecular complexity index is 481. The maximum atomic E-state index is 11.0. The van der Waals surface area contributed by atoms with Crippen molar-refractivity contribution in [2.24, 2.45) is 5.84 Å². The normalized spacial score (nSPS) is 18.2. The fourth-order valence-electron chi connectivity index (χ4n) is 2.10. The number of nitro groups is 1. The van der Waals surface area contributed by atoms with Crippen molar-refractivity contribution >= 4 is 17.3 Å². The summed E-state index contributed by atoms with van der Waals surface area (Å²) < 4.78 is 0. The Morgan fingerprint density at radius 2 is 2.16 bits per heavy atom. The number of piperidine rings is 1. The predicted octanol–water partition coefficient (Wildman–Crippen LogP) is 0.627. The number of aliphatic hydroxyl groups is 1. The van der Waals surface area contributed by atoms with Crippen molar-refractivity contribution in [3.05, 3.63) is 22.2 Å². The Labute approximate surface area is 110 Å². The highest BCUT2D eigenvalue weighted by Gasteiger charge is 2.31. The van der Waals surface area contributed by atoms with Crippen LogP contribution in [0.1, 0.15) is 19.8 Å². The maximum absolute atomic E-state index is 11.0. The first-order chi connectivity index (χ1) is 8.93. The van der Waals surface area contributed by atoms with E-state index in [9.17, 15) is 15.2 Å². The molecule has 8 heteroatoms. The molecule has 2 rings (SSSR count). The van der Waals surface area contributed by atoms with Gasteiger partial charge in [-0.15, -0.1) is 0 Å². The smallest absolute Gasteiger partial charge is 0.311 e. The molecule has 4 N–H and O–H groups in total. The second kappa shape index (κ2) is 4.98. The Morgan fingerprint density at radius 1 is 1.53 bits per heavy atom. The summed E-state index contributed by atoms with van der Waals surface area (Å²) in [6, 6.07) is 2.84. The third-order valence-corrected chi connectivity index (χ3v) is 3.34. The van der Waals surface area contributed by atoms with Gasteiger partial charge in [0.15, 0.2) is 0 Å². The standard InChI is InChI=1S/C11H17N5O3/c1-11(17)4-6-15(7-5-11)10-8(16(18)19)2-3-9(13-10)14-12/h2-3,17H,4-7,12H2,1H3,(H,13,14). The van der Waals surface area contributed by atoms with Crippen LogP contribution in [0.15, 0.2) is 12.1 Å². The number of hydrogen-bond acceptors (Lipinski definition) is 7. The second-order valence-corrected chi connectivity index (χ2v) is 4.92. The summed E-state index contributed by atoms with van der Waals surface area (Å²) in [5, 5.41) is 20.9. The van der Waals surface area contributed by atoms with Crippen molar-refractivity contribution in [2.45, 2.75) is 25.4 Å². The first kappa shape index (κ1) is 13.5. The summed E-state index contributed by atoms with van der Waals surface area (Å²) in [6.07, 6.45) is 1.10. The zero-order valence-electron chi connectivity index (χ0n) is 10.7. The number of nitrogens with one attached hydrogen (secondary N) is 1. The fraction of sp³-hybridized carbons (Fsp3) is 0.545. The van der Waals surface area contributed by atoms with Gasteiger partial charge in [-0.2, -0.15) is 0 Å². The van der Waals surface area contributed by atoms with Gasteiger partial charge in [0.25, 0.3) is 0 Å². The average Bonchev–Trinajstić information content (AvgIpc) is 2.38. The van der Waals surface area contributed by atoms with Gasteiger partial charge in [-0.25, -0.2) is 10.8 Å². The van der Waals surface area contributed by atoms with E-state index in [0.29, 0.717) is 31.7 Å². The van der Waals surface area contributed by atoms with Crippen LogP contribution in [0, 0.1) is 10.1 Å². The molecule has 0 aliphatic carbocycles. The van der Waals surface area contributed by atoms with Gasteiger partial charge in [-0.3, -0.25) is 10.1 Å². The largest absolute Gasteiger partial charge is 0.390 e. The van der Waals surface area contributed by atoms with E-state index in [0.717, 1.165) is 0 Å². The molecule has 104 valence electrons. The van der Waals surface area contributed by atoms with Crippen LogP contribution >= 0.6 is 0 Å². The van der Waals surface area contributed by atoms with Gasteiger partial charge in [-0.1, -0.05) is 0 Å². The van der Waals surface area contributed by atoms with E-state index in [2.05, 4.69) is 10.4 Å². The molecule has 1 fully saturated rings. The minimum atomic E-state index is -0.713. The lowest BCUT2D eigenvalue weighted by atomic mass is 9.94. The monoisotopic (exact) mass is 267 g/mol. The van der Waals surface area contributed by atoms with Gasteiger partial charge in [0, 0.05) is 19.2 Å². The van der Waals surface area contributed by atoms with Gasteiger partial charge in [0.1, 0.15) is 5.82 Å². The first-order valence-electron chi connectivity index (χ1n) is 6.02. The van der Waals surface area contributed by atoms with Gasteiger partial charge >= 0.3 is 5.69 Å². The molecule has 1 aromatic heterocycles. The van der Waals surface area contributed by atoms with Crippen LogP contribution in [0.3, 0.4) is 0 Å². The third kappa shape index (κ3) is 2.91. The molecule has 1 aliphatic heterocycles. The van der Waals surface area contributed by atoms with E-state index in [1.165, 1.54) is 12.1 Å². The summed E-state index contributed by atoms with van der Waals surface area (Å²) in [5.41, 5.74) is 1.61. The van der Waals surface area contributed by atoms with Crippen molar-refractivity contribution in [1.29, 1.82) is 0 Å². The van der Waals surface area contributed by atoms with Crippen molar-refractivity contribution < 1.29 is 10.0 Å². The first-order valence-corrected chi connectivity index (χ1v) is 6.02. The zero-order chi connectivity index (χ0) is 14.0. The zero-order valence-corrected chi connectivity index (χ0v) is 10.7. The minimum Gasteiger partial charge on any atom is -0.390 e. The van der Waals surface area contributed by atoms with E-state index in [4.69, 9.17) is 5.84 Å². The SMILES string of the molecule is CC1(O)CCN(c2nc(NN)ccc2[N+](=O)[O-])CC1. The topological polar surface area (TPSA) is 118 Å². The Balaban J connectivity index is 2.30. The molecule has 8 nitrogen and oxygen atoms in total. The third-order valence-electron chi connectivity index (χ3n) is 3.34. The molecule has 0 atom stereocenters. The number of hydrogen-bond donors (Lipinski definition) is 3. The molecule has 1 saturated heterocycles. The van der Waals surface area contributed by atoms with Gasteiger partial charge < -0.3 is 15.4 Å². The predicted molar refractivity (Wildman–Crippen MR) is 70.8 cm³/mol. The lowest BCUT2D eigenvalue weighted by Gasteiger charge is -2.36. The molecule has 0 unspecified atom stereocenters. The molecule has 0 saturated carbocycles. The summed E-state index contributed by atoms with van der Waals surface area (Å²) in [4.78, 5) is 16.5. The molecular formula is C11H17N5O3. The Kier molecular flexibility index (Phi) is 3.54. The molecule has 2 heterocycles. The number of aromatic nitrogens is 1. The van der Waals surface area contributed by atoms with E-state index in [1.54, 1.807) is 11.8 Å². The number of rotatable bonds is 3. The lowest BCUT2D eigenvalue weighted by molar-refractivity contribution is -0.384. The number of pyridine rings is 1. The van der Waals surface area contributed by atoms with Gasteiger partial charge in [0.05, 0.1) is 10.5 Å². The van der Waals surface area contributed by atoms with Crippen LogP contribution < -0.4 is 16.2 Å². The van der Waals surface area contributed by atoms with Crippen LogP contribution in [0.2, 0.25) is 0 Å². The summed E-state index contributed by atoms with van der Waals surface area (Å²) >= 11 is 0. The van der Waals surface area contributed by atoms with E-state index < -0.39 is 10.5 Å². The Hall–Kier alpha value is -1.93. The van der Waals surface area contributed by atoms with Crippen molar-refractivity contribution in [2.75, 3.05) is 23.4 Å². The van der Waals surface area contributed by atoms with Crippen molar-refractivity contribution in [3.63, 3.8) is 0 Å². The van der Waals surface area contributed by atoms with Crippen molar-refractivity contribution in [1.82, 2.24) is 4.98 Å². The molecule has 0 aromatic carbocycles. The number of nitrogen functional groups attached to an aromatic ring is 1. The number of nitrogens with two attached hydrogens (primary N) is 1. The Morgan fingerprint density at radius 3 is 2.68 bits per heavy atom. The molecule has 19 heavy (non-hydrogen) atoms. The van der Waals surface area contributed by atoms with Crippen molar-refractivity contribution in [3.8, 4) is 0 Å². The number of hydrazine groups is 1. The summed E-state index contributed by atoms with van der Waals surface area (Å²) in [7, 11) is 0. The van der Waals surface area contributed by atoms with Gasteiger partial charge in [-0.05, 0) is 25.8 Å². The highest BCUT2D eigenvalue weighted by Crippen LogP contribution is 2.31. The molecule has 0 bridgehead atoms. The second-order valence-electron chi connectivity index (χ2n) is 4.92. The molecule has 0 amide bonds. The fourth-order valence-corrected chi connectivity index (χ4v) is 2.10. The quantitative estimate of drug-likeness (QED) is 0.417. The number of anilines is 2. The maximum Gasteiger partial charge on any atom is 0.311 e. The highest BCUT2D eigenvalue weighted by molar-refractivity contribution is 5.61. The average molecular weight is 267 g/mol. The molecule has 0 radical (unpaired) electrons. The minimum absolute atomic E-state index is 0.0551. The molecule has 0 spiro atoms. The molecule has 1 aromatic rings. The van der Waals surface area contributed by atoms with Crippen LogP contribution in [0.25, 0.3) is 0 Å². The molecule has 1 aliphatic rings. The number of nitrogens with zero attached hydrogens (tertiary/aromatic N) is 3. The molecular weight excluding hydrogens is 250 g/mol. The summed E-state index contributed by atoms with van der Waals surface area (Å²) in [6.45, 7) is 2.81. The van der Waals surface area contributed by atoms with Crippen LogP contribution in [0.5, 0.6) is 0 Å². The van der Waals surface area contributed by atoms with E-state index >= 15 is 0 Å².